The molecule has 0 spiro atoms. The van der Waals surface area contributed by atoms with Crippen LogP contribution in [0.3, 0.4) is 0 Å². The molecule has 1 rings (SSSR count). The van der Waals surface area contributed by atoms with Crippen LogP contribution in [0.25, 0.3) is 6.08 Å². The molecule has 0 fully saturated rings. The average molecular weight is 552 g/mol. The number of ether oxygens (including phenoxy) is 3. The van der Waals surface area contributed by atoms with E-state index in [1.165, 1.54) is 4.74 Å². The van der Waals surface area contributed by atoms with Crippen molar-refractivity contribution in [2.75, 3.05) is 0 Å². The van der Waals surface area contributed by atoms with Crippen LogP contribution >= 0.6 is 0 Å². The molecule has 0 amide bonds. The highest BCUT2D eigenvalue weighted by Gasteiger charge is 2.84. The highest BCUT2D eigenvalue weighted by Crippen LogP contribution is 2.55. The van der Waals surface area contributed by atoms with Crippen LogP contribution < -0.4 is 4.74 Å². The van der Waals surface area contributed by atoms with Gasteiger partial charge in [0.25, 0.3) is 0 Å². The van der Waals surface area contributed by atoms with Crippen LogP contribution in [0.1, 0.15) is 5.56 Å². The van der Waals surface area contributed by atoms with Gasteiger partial charge in [-0.15, -0.1) is 0 Å². The first-order valence-corrected chi connectivity index (χ1v) is 8.12. The molecule has 3 nitrogen and oxygen atoms in total. The maximum atomic E-state index is 13.9. The molecule has 0 heterocycles. The fraction of sp³-hybridized carbons (Fsp3) is 0.500. The van der Waals surface area contributed by atoms with Crippen molar-refractivity contribution in [1.29, 1.82) is 0 Å². The zero-order chi connectivity index (χ0) is 27.9. The van der Waals surface area contributed by atoms with Gasteiger partial charge >= 0.3 is 48.8 Å². The van der Waals surface area contributed by atoms with E-state index in [9.17, 15) is 70.2 Å². The normalized spacial score (nSPS) is 17.0. The number of halogens is 16. The smallest absolute Gasteiger partial charge is 0.429 e. The molecule has 0 bridgehead atoms. The summed E-state index contributed by atoms with van der Waals surface area (Å²) in [7, 11) is 0. The lowest BCUT2D eigenvalue weighted by Crippen LogP contribution is -2.66. The Labute approximate surface area is 182 Å². The van der Waals surface area contributed by atoms with E-state index in [0.29, 0.717) is 12.1 Å². The van der Waals surface area contributed by atoms with Crippen LogP contribution in [0.5, 0.6) is 5.75 Å². The lowest BCUT2D eigenvalue weighted by atomic mass is 10.2. The van der Waals surface area contributed by atoms with E-state index in [1.807, 2.05) is 0 Å². The summed E-state index contributed by atoms with van der Waals surface area (Å²) >= 11 is 0. The molecular weight excluding hydrogens is 544 g/mol. The van der Waals surface area contributed by atoms with E-state index in [-0.39, 0.29) is 5.56 Å². The second-order valence-electron chi connectivity index (χ2n) is 6.17. The van der Waals surface area contributed by atoms with Gasteiger partial charge in [0.05, 0.1) is 0 Å². The first-order valence-electron chi connectivity index (χ1n) is 8.12. The molecule has 0 aliphatic rings. The number of hydrogen-bond acceptors (Lipinski definition) is 3. The molecule has 0 radical (unpaired) electrons. The Morgan fingerprint density at radius 3 is 1.51 bits per heavy atom. The lowest BCUT2D eigenvalue weighted by Gasteiger charge is -2.38. The van der Waals surface area contributed by atoms with Crippen LogP contribution in [0.15, 0.2) is 30.8 Å². The number of rotatable bonds is 10. The molecule has 1 aromatic carbocycles. The summed E-state index contributed by atoms with van der Waals surface area (Å²) in [4.78, 5) is 0. The third-order valence-electron chi connectivity index (χ3n) is 3.61. The summed E-state index contributed by atoms with van der Waals surface area (Å²) in [6, 6.07) is 3.11. The second kappa shape index (κ2) is 9.21. The minimum Gasteiger partial charge on any atom is -0.429 e. The minimum absolute atomic E-state index is 0.223. The monoisotopic (exact) mass is 552 g/mol. The van der Waals surface area contributed by atoms with Crippen LogP contribution in [0, 0.1) is 0 Å². The van der Waals surface area contributed by atoms with Crippen molar-refractivity contribution in [3.8, 4) is 5.75 Å². The summed E-state index contributed by atoms with van der Waals surface area (Å²) in [6.45, 7) is 3.25. The molecule has 0 saturated heterocycles. The number of alkyl halides is 16. The van der Waals surface area contributed by atoms with Crippen LogP contribution in [-0.4, -0.2) is 48.8 Å². The van der Waals surface area contributed by atoms with Gasteiger partial charge in [-0.3, -0.25) is 9.47 Å². The van der Waals surface area contributed by atoms with Gasteiger partial charge in [0.2, 0.25) is 0 Å². The van der Waals surface area contributed by atoms with Crippen molar-refractivity contribution in [2.24, 2.45) is 0 Å². The predicted molar refractivity (Wildman–Crippen MR) is 80.0 cm³/mol. The van der Waals surface area contributed by atoms with E-state index in [1.54, 1.807) is 0 Å². The third-order valence-corrected chi connectivity index (χ3v) is 3.61. The zero-order valence-corrected chi connectivity index (χ0v) is 15.9. The second-order valence-corrected chi connectivity index (χ2v) is 6.17. The van der Waals surface area contributed by atoms with Crippen molar-refractivity contribution < 1.29 is 84.5 Å². The Morgan fingerprint density at radius 2 is 1.14 bits per heavy atom. The largest absolute Gasteiger partial charge is 0.462 e. The maximum Gasteiger partial charge on any atom is 0.462 e. The van der Waals surface area contributed by atoms with Crippen molar-refractivity contribution in [2.45, 2.75) is 48.8 Å². The molecule has 0 aliphatic heterocycles. The number of hydrogen-bond donors (Lipinski definition) is 0. The highest BCUT2D eigenvalue weighted by atomic mass is 19.4. The van der Waals surface area contributed by atoms with Gasteiger partial charge in [0.1, 0.15) is 5.75 Å². The topological polar surface area (TPSA) is 27.7 Å². The van der Waals surface area contributed by atoms with Gasteiger partial charge in [0.15, 0.2) is 0 Å². The van der Waals surface area contributed by atoms with Gasteiger partial charge in [-0.25, -0.2) is 4.39 Å². The summed E-state index contributed by atoms with van der Waals surface area (Å²) in [5, 5.41) is 0. The van der Waals surface area contributed by atoms with E-state index in [4.69, 9.17) is 0 Å². The molecule has 35 heavy (non-hydrogen) atoms. The van der Waals surface area contributed by atoms with Crippen LogP contribution in [0.2, 0.25) is 0 Å². The van der Waals surface area contributed by atoms with Crippen molar-refractivity contribution in [1.82, 2.24) is 0 Å². The molecule has 0 saturated carbocycles. The zero-order valence-electron chi connectivity index (χ0n) is 15.9. The predicted octanol–water partition coefficient (Wildman–Crippen LogP) is 7.24. The van der Waals surface area contributed by atoms with Crippen molar-refractivity contribution in [3.63, 3.8) is 0 Å². The molecule has 1 aromatic rings. The Bertz CT molecular complexity index is 876. The van der Waals surface area contributed by atoms with Crippen LogP contribution in [0.4, 0.5) is 70.2 Å². The van der Waals surface area contributed by atoms with Crippen molar-refractivity contribution in [3.05, 3.63) is 36.4 Å². The molecule has 2 unspecified atom stereocenters. The van der Waals surface area contributed by atoms with Gasteiger partial charge in [-0.1, -0.05) is 24.8 Å². The quantitative estimate of drug-likeness (QED) is 0.287. The molecule has 0 aromatic heterocycles. The molecule has 202 valence electrons. The fourth-order valence-electron chi connectivity index (χ4n) is 1.84. The summed E-state index contributed by atoms with van der Waals surface area (Å²) in [5.74, 6) is -16.5. The fourth-order valence-corrected chi connectivity index (χ4v) is 1.84. The summed E-state index contributed by atoms with van der Waals surface area (Å²) in [5.41, 5.74) is 0.223. The van der Waals surface area contributed by atoms with Crippen molar-refractivity contribution >= 4 is 6.08 Å². The van der Waals surface area contributed by atoms with Crippen LogP contribution in [-0.2, 0) is 9.47 Å². The SMILES string of the molecule is C=Cc1ccc(OC(F)(F)C(F)OC(F)(F)C(F)(OC(F)(F)C(F)(F)C(F)(F)F)C(F)(F)F)cc1. The maximum absolute atomic E-state index is 13.9. The van der Waals surface area contributed by atoms with E-state index in [2.05, 4.69) is 16.1 Å². The van der Waals surface area contributed by atoms with E-state index >= 15 is 0 Å². The van der Waals surface area contributed by atoms with E-state index in [0.717, 1.165) is 18.2 Å². The first-order chi connectivity index (χ1) is 15.3. The highest BCUT2D eigenvalue weighted by molar-refractivity contribution is 5.48. The third kappa shape index (κ3) is 6.04. The number of benzene rings is 1. The lowest BCUT2D eigenvalue weighted by molar-refractivity contribution is -0.543. The molecule has 2 atom stereocenters. The average Bonchev–Trinajstić information content (AvgIpc) is 2.65. The minimum atomic E-state index is -7.75. The first kappa shape index (κ1) is 30.6. The van der Waals surface area contributed by atoms with E-state index < -0.39 is 54.6 Å². The molecule has 0 N–H and O–H groups in total. The Kier molecular flexibility index (Phi) is 8.05. The van der Waals surface area contributed by atoms with Gasteiger partial charge in [-0.2, -0.15) is 65.9 Å². The molecular formula is C16H8F16O3. The van der Waals surface area contributed by atoms with Gasteiger partial charge < -0.3 is 4.74 Å². The standard InChI is InChI=1S/C16H8F16O3/c1-2-7-3-5-8(6-4-7)33-10(18,19)9(17)34-16(31,32)12(22,14(26,27)28)35-15(29,30)11(20,21)13(23,24)25/h2-6,9H,1H2. The Balaban J connectivity index is 3.31. The molecule has 19 heteroatoms. The van der Waals surface area contributed by atoms with Gasteiger partial charge in [-0.05, 0) is 17.7 Å². The summed E-state index contributed by atoms with van der Waals surface area (Å²) < 4.78 is 215. The van der Waals surface area contributed by atoms with Gasteiger partial charge in [0, 0.05) is 0 Å². The Hall–Kier alpha value is -2.44. The summed E-state index contributed by atoms with van der Waals surface area (Å²) in [6.07, 6.45) is -40.2. The Morgan fingerprint density at radius 1 is 0.686 bits per heavy atom. The molecule has 0 aliphatic carbocycles.